The van der Waals surface area contributed by atoms with E-state index in [1.807, 2.05) is 43.5 Å². The van der Waals surface area contributed by atoms with Gasteiger partial charge in [-0.3, -0.25) is 9.59 Å². The molecule has 4 rings (SSSR count). The molecule has 1 aliphatic heterocycles. The number of dihydropyridines is 1. The van der Waals surface area contributed by atoms with Gasteiger partial charge in [0.25, 0.3) is 5.91 Å². The predicted molar refractivity (Wildman–Crippen MR) is 120 cm³/mol. The van der Waals surface area contributed by atoms with Crippen LogP contribution >= 0.6 is 11.8 Å². The fourth-order valence-corrected chi connectivity index (χ4v) is 4.69. The summed E-state index contributed by atoms with van der Waals surface area (Å²) >= 11 is 1.67. The first-order chi connectivity index (χ1) is 14.5. The van der Waals surface area contributed by atoms with Gasteiger partial charge in [-0.2, -0.15) is 0 Å². The molecule has 154 valence electrons. The lowest BCUT2D eigenvalue weighted by Gasteiger charge is -2.36. The first-order valence-corrected chi connectivity index (χ1v) is 11.3. The number of carbonyl (C=O) groups is 2. The molecule has 0 spiro atoms. The van der Waals surface area contributed by atoms with Crippen molar-refractivity contribution in [2.24, 2.45) is 5.92 Å². The quantitative estimate of drug-likeness (QED) is 0.706. The van der Waals surface area contributed by atoms with Gasteiger partial charge < -0.3 is 10.6 Å². The zero-order valence-electron chi connectivity index (χ0n) is 17.4. The fourth-order valence-electron chi connectivity index (χ4n) is 4.28. The molecule has 1 aromatic carbocycles. The Labute approximate surface area is 181 Å². The third-order valence-corrected chi connectivity index (χ3v) is 6.38. The summed E-state index contributed by atoms with van der Waals surface area (Å²) in [7, 11) is 0. The van der Waals surface area contributed by atoms with Crippen LogP contribution in [0.15, 0.2) is 76.1 Å². The molecule has 0 fully saturated rings. The molecule has 2 aliphatic rings. The van der Waals surface area contributed by atoms with Crippen LogP contribution in [0.25, 0.3) is 0 Å². The number of pyridine rings is 1. The summed E-state index contributed by atoms with van der Waals surface area (Å²) in [6.07, 6.45) is 4.99. The topological polar surface area (TPSA) is 71.1 Å². The van der Waals surface area contributed by atoms with Gasteiger partial charge in [-0.25, -0.2) is 4.98 Å². The summed E-state index contributed by atoms with van der Waals surface area (Å²) in [5.41, 5.74) is 3.98. The standard InChI is InChI=1S/C24H25N3O2S/c1-14-12-18-23(19(28)13-14)22(16-7-9-17(30-3)10-8-16)21(15(2)26-18)24(29)27-20-6-4-5-11-25-20/h4-11,14,22,26H,12-13H2,1-3H3,(H,25,27,29)/t14-,22-/m1/s1. The number of allylic oxidation sites excluding steroid dienone is 3. The maximum atomic E-state index is 13.3. The van der Waals surface area contributed by atoms with Gasteiger partial charge in [0.2, 0.25) is 0 Å². The maximum absolute atomic E-state index is 13.3. The minimum Gasteiger partial charge on any atom is -0.362 e. The molecule has 2 N–H and O–H groups in total. The van der Waals surface area contributed by atoms with Gasteiger partial charge in [-0.15, -0.1) is 11.8 Å². The number of rotatable bonds is 4. The molecule has 0 saturated carbocycles. The minimum absolute atomic E-state index is 0.117. The van der Waals surface area contributed by atoms with Crippen molar-refractivity contribution in [1.29, 1.82) is 0 Å². The molecular formula is C24H25N3O2S. The Morgan fingerprint density at radius 1 is 1.17 bits per heavy atom. The molecule has 2 atom stereocenters. The molecule has 1 amide bonds. The summed E-state index contributed by atoms with van der Waals surface area (Å²) in [5.74, 6) is 0.268. The second-order valence-corrected chi connectivity index (χ2v) is 8.75. The third kappa shape index (κ3) is 3.92. The van der Waals surface area contributed by atoms with Crippen molar-refractivity contribution in [2.75, 3.05) is 11.6 Å². The van der Waals surface area contributed by atoms with Crippen molar-refractivity contribution in [1.82, 2.24) is 10.3 Å². The lowest BCUT2D eigenvalue weighted by molar-refractivity contribution is -0.117. The number of hydrogen-bond donors (Lipinski definition) is 2. The largest absolute Gasteiger partial charge is 0.362 e. The van der Waals surface area contributed by atoms with Crippen molar-refractivity contribution in [3.8, 4) is 0 Å². The molecule has 0 bridgehead atoms. The average molecular weight is 420 g/mol. The van der Waals surface area contributed by atoms with E-state index in [2.05, 4.69) is 22.5 Å². The molecule has 0 unspecified atom stereocenters. The van der Waals surface area contributed by atoms with E-state index in [1.54, 1.807) is 30.1 Å². The molecule has 30 heavy (non-hydrogen) atoms. The molecule has 2 heterocycles. The van der Waals surface area contributed by atoms with Gasteiger partial charge >= 0.3 is 0 Å². The highest BCUT2D eigenvalue weighted by molar-refractivity contribution is 7.98. The van der Waals surface area contributed by atoms with Crippen molar-refractivity contribution in [2.45, 2.75) is 37.5 Å². The Bertz CT molecular complexity index is 1040. The highest BCUT2D eigenvalue weighted by Gasteiger charge is 2.39. The van der Waals surface area contributed by atoms with Crippen LogP contribution in [-0.4, -0.2) is 22.9 Å². The van der Waals surface area contributed by atoms with E-state index in [9.17, 15) is 9.59 Å². The molecule has 0 radical (unpaired) electrons. The van der Waals surface area contributed by atoms with E-state index in [1.165, 1.54) is 0 Å². The Balaban J connectivity index is 1.79. The van der Waals surface area contributed by atoms with Gasteiger partial charge in [0, 0.05) is 46.0 Å². The van der Waals surface area contributed by atoms with Crippen LogP contribution in [-0.2, 0) is 9.59 Å². The molecule has 2 aromatic rings. The van der Waals surface area contributed by atoms with E-state index in [0.29, 0.717) is 23.7 Å². The number of hydrogen-bond acceptors (Lipinski definition) is 5. The van der Waals surface area contributed by atoms with E-state index < -0.39 is 0 Å². The van der Waals surface area contributed by atoms with Crippen molar-refractivity contribution in [3.63, 3.8) is 0 Å². The number of anilines is 1. The van der Waals surface area contributed by atoms with Gasteiger partial charge in [0.1, 0.15) is 5.82 Å². The summed E-state index contributed by atoms with van der Waals surface area (Å²) in [5, 5.41) is 6.27. The van der Waals surface area contributed by atoms with Gasteiger partial charge in [-0.05, 0) is 55.3 Å². The number of ketones is 1. The summed E-state index contributed by atoms with van der Waals surface area (Å²) in [4.78, 5) is 31.8. The zero-order chi connectivity index (χ0) is 21.3. The Morgan fingerprint density at radius 3 is 2.60 bits per heavy atom. The van der Waals surface area contributed by atoms with Crippen LogP contribution in [0.3, 0.4) is 0 Å². The summed E-state index contributed by atoms with van der Waals surface area (Å²) in [6.45, 7) is 4.00. The highest BCUT2D eigenvalue weighted by Crippen LogP contribution is 2.43. The minimum atomic E-state index is -0.388. The highest BCUT2D eigenvalue weighted by atomic mass is 32.2. The number of aromatic nitrogens is 1. The van der Waals surface area contributed by atoms with Crippen LogP contribution in [0.1, 0.15) is 38.2 Å². The number of Topliss-reactive ketones (excluding diaryl/α,β-unsaturated/α-hetero) is 1. The second kappa shape index (κ2) is 8.48. The number of amides is 1. The van der Waals surface area contributed by atoms with Gasteiger partial charge in [0.15, 0.2) is 5.78 Å². The number of nitrogens with one attached hydrogen (secondary N) is 2. The van der Waals surface area contributed by atoms with Gasteiger partial charge in [0.05, 0.1) is 0 Å². The van der Waals surface area contributed by atoms with E-state index in [4.69, 9.17) is 0 Å². The van der Waals surface area contributed by atoms with Crippen LogP contribution in [0.4, 0.5) is 5.82 Å². The number of thioether (sulfide) groups is 1. The third-order valence-electron chi connectivity index (χ3n) is 5.63. The molecular weight excluding hydrogens is 394 g/mol. The number of carbonyl (C=O) groups excluding carboxylic acids is 2. The van der Waals surface area contributed by atoms with E-state index in [0.717, 1.165) is 33.8 Å². The SMILES string of the molecule is CSc1ccc([C@@H]2C(C(=O)Nc3ccccn3)=C(C)NC3=C2C(=O)C[C@H](C)C3)cc1. The van der Waals surface area contributed by atoms with E-state index in [-0.39, 0.29) is 17.6 Å². The average Bonchev–Trinajstić information content (AvgIpc) is 2.73. The number of nitrogens with zero attached hydrogens (tertiary/aromatic N) is 1. The van der Waals surface area contributed by atoms with E-state index >= 15 is 0 Å². The fraction of sp³-hybridized carbons (Fsp3) is 0.292. The maximum Gasteiger partial charge on any atom is 0.255 e. The lowest BCUT2D eigenvalue weighted by atomic mass is 9.73. The predicted octanol–water partition coefficient (Wildman–Crippen LogP) is 4.66. The Kier molecular flexibility index (Phi) is 5.77. The first kappa shape index (κ1) is 20.4. The van der Waals surface area contributed by atoms with Crippen molar-refractivity contribution >= 4 is 29.3 Å². The van der Waals surface area contributed by atoms with Crippen LogP contribution < -0.4 is 10.6 Å². The van der Waals surface area contributed by atoms with Crippen molar-refractivity contribution < 1.29 is 9.59 Å². The normalized spacial score (nSPS) is 21.2. The molecule has 6 heteroatoms. The Morgan fingerprint density at radius 2 is 1.93 bits per heavy atom. The number of benzene rings is 1. The van der Waals surface area contributed by atoms with Crippen LogP contribution in [0.2, 0.25) is 0 Å². The van der Waals surface area contributed by atoms with Gasteiger partial charge in [-0.1, -0.05) is 25.1 Å². The molecule has 1 aliphatic carbocycles. The summed E-state index contributed by atoms with van der Waals surface area (Å²) < 4.78 is 0. The monoisotopic (exact) mass is 419 g/mol. The second-order valence-electron chi connectivity index (χ2n) is 7.87. The lowest BCUT2D eigenvalue weighted by Crippen LogP contribution is -2.37. The summed E-state index contributed by atoms with van der Waals surface area (Å²) in [6, 6.07) is 13.5. The molecule has 0 saturated heterocycles. The molecule has 1 aromatic heterocycles. The zero-order valence-corrected chi connectivity index (χ0v) is 18.2. The van der Waals surface area contributed by atoms with Crippen LogP contribution in [0.5, 0.6) is 0 Å². The molecule has 5 nitrogen and oxygen atoms in total. The van der Waals surface area contributed by atoms with Crippen molar-refractivity contribution in [3.05, 3.63) is 76.8 Å². The smallest absolute Gasteiger partial charge is 0.255 e. The Hall–Kier alpha value is -2.86. The van der Waals surface area contributed by atoms with Crippen LogP contribution in [0, 0.1) is 5.92 Å². The first-order valence-electron chi connectivity index (χ1n) is 10.1.